The van der Waals surface area contributed by atoms with Gasteiger partial charge in [-0.2, -0.15) is 11.8 Å². The van der Waals surface area contributed by atoms with Gasteiger partial charge in [0.2, 0.25) is 0 Å². The van der Waals surface area contributed by atoms with Crippen molar-refractivity contribution in [1.82, 2.24) is 5.32 Å². The average Bonchev–Trinajstić information content (AvgIpc) is 2.45. The first-order chi connectivity index (χ1) is 9.30. The fourth-order valence-corrected chi connectivity index (χ4v) is 3.08. The molecule has 108 valence electrons. The van der Waals surface area contributed by atoms with Gasteiger partial charge in [-0.1, -0.05) is 45.0 Å². The number of benzene rings is 1. The van der Waals surface area contributed by atoms with Crippen LogP contribution in [0.15, 0.2) is 24.3 Å². The molecule has 0 aliphatic carbocycles. The monoisotopic (exact) mass is 279 g/mol. The third-order valence-electron chi connectivity index (χ3n) is 3.26. The fraction of sp³-hybridized carbons (Fsp3) is 0.647. The van der Waals surface area contributed by atoms with Gasteiger partial charge in [-0.3, -0.25) is 0 Å². The molecule has 0 bridgehead atoms. The van der Waals surface area contributed by atoms with E-state index in [-0.39, 0.29) is 0 Å². The lowest BCUT2D eigenvalue weighted by Crippen LogP contribution is -2.34. The van der Waals surface area contributed by atoms with Crippen molar-refractivity contribution < 1.29 is 0 Å². The Morgan fingerprint density at radius 2 is 1.68 bits per heavy atom. The Hall–Kier alpha value is -0.470. The van der Waals surface area contributed by atoms with Crippen molar-refractivity contribution in [3.63, 3.8) is 0 Å². The van der Waals surface area contributed by atoms with E-state index < -0.39 is 0 Å². The van der Waals surface area contributed by atoms with E-state index in [0.29, 0.717) is 6.04 Å². The Kier molecular flexibility index (Phi) is 9.02. The summed E-state index contributed by atoms with van der Waals surface area (Å²) < 4.78 is 0. The van der Waals surface area contributed by atoms with Crippen molar-refractivity contribution in [2.24, 2.45) is 0 Å². The van der Waals surface area contributed by atoms with Crippen LogP contribution in [-0.4, -0.2) is 24.1 Å². The van der Waals surface area contributed by atoms with Crippen molar-refractivity contribution in [2.75, 3.05) is 18.1 Å². The molecule has 0 spiro atoms. The van der Waals surface area contributed by atoms with Gasteiger partial charge in [0.15, 0.2) is 0 Å². The Bertz CT molecular complexity index is 321. The number of hydrogen-bond acceptors (Lipinski definition) is 2. The summed E-state index contributed by atoms with van der Waals surface area (Å²) in [6, 6.07) is 9.74. The summed E-state index contributed by atoms with van der Waals surface area (Å²) in [5.41, 5.74) is 2.89. The zero-order valence-corrected chi connectivity index (χ0v) is 13.6. The largest absolute Gasteiger partial charge is 0.313 e. The molecule has 0 aliphatic heterocycles. The first-order valence-electron chi connectivity index (χ1n) is 7.69. The molecule has 0 amide bonds. The molecule has 0 fully saturated rings. The van der Waals surface area contributed by atoms with Gasteiger partial charge in [0.05, 0.1) is 0 Å². The molecule has 1 rings (SSSR count). The number of rotatable bonds is 10. The lowest BCUT2D eigenvalue weighted by atomic mass is 10.0. The molecule has 0 saturated heterocycles. The van der Waals surface area contributed by atoms with Crippen LogP contribution >= 0.6 is 11.8 Å². The second kappa shape index (κ2) is 10.3. The number of thioether (sulfide) groups is 1. The highest BCUT2D eigenvalue weighted by atomic mass is 32.2. The summed E-state index contributed by atoms with van der Waals surface area (Å²) in [6.07, 6.45) is 4.77. The van der Waals surface area contributed by atoms with E-state index in [1.165, 1.54) is 35.5 Å². The van der Waals surface area contributed by atoms with Gasteiger partial charge in [0, 0.05) is 11.8 Å². The standard InChI is InChI=1S/C17H29NS/c1-4-11-18-17(14-19-12-5-2)13-16-9-7-15(6-3)8-10-16/h7-10,17-18H,4-6,11-14H2,1-3H3. The third kappa shape index (κ3) is 7.03. The molecule has 0 aromatic heterocycles. The molecule has 0 aliphatic rings. The van der Waals surface area contributed by atoms with Gasteiger partial charge < -0.3 is 5.32 Å². The Morgan fingerprint density at radius 1 is 1.00 bits per heavy atom. The highest BCUT2D eigenvalue weighted by Crippen LogP contribution is 2.12. The maximum Gasteiger partial charge on any atom is 0.0198 e. The summed E-state index contributed by atoms with van der Waals surface area (Å²) in [6.45, 7) is 7.83. The molecule has 19 heavy (non-hydrogen) atoms. The normalized spacial score (nSPS) is 12.6. The zero-order valence-electron chi connectivity index (χ0n) is 12.7. The topological polar surface area (TPSA) is 12.0 Å². The van der Waals surface area contributed by atoms with E-state index >= 15 is 0 Å². The van der Waals surface area contributed by atoms with Crippen molar-refractivity contribution in [2.45, 2.75) is 52.5 Å². The predicted molar refractivity (Wildman–Crippen MR) is 89.2 cm³/mol. The van der Waals surface area contributed by atoms with Crippen LogP contribution in [0.25, 0.3) is 0 Å². The van der Waals surface area contributed by atoms with Crippen LogP contribution in [0.1, 0.15) is 44.7 Å². The fourth-order valence-electron chi connectivity index (χ4n) is 2.10. The Morgan fingerprint density at radius 3 is 2.26 bits per heavy atom. The zero-order chi connectivity index (χ0) is 13.9. The highest BCUT2D eigenvalue weighted by Gasteiger charge is 2.08. The first-order valence-corrected chi connectivity index (χ1v) is 8.84. The van der Waals surface area contributed by atoms with Crippen LogP contribution in [0, 0.1) is 0 Å². The Balaban J connectivity index is 2.48. The van der Waals surface area contributed by atoms with Gasteiger partial charge in [0.25, 0.3) is 0 Å². The second-order valence-corrected chi connectivity index (χ2v) is 6.25. The van der Waals surface area contributed by atoms with E-state index in [4.69, 9.17) is 0 Å². The number of aryl methyl sites for hydroxylation is 1. The predicted octanol–water partition coefficient (Wildman–Crippen LogP) is 4.30. The highest BCUT2D eigenvalue weighted by molar-refractivity contribution is 7.99. The van der Waals surface area contributed by atoms with Crippen LogP contribution < -0.4 is 5.32 Å². The van der Waals surface area contributed by atoms with E-state index in [2.05, 4.69) is 62.1 Å². The third-order valence-corrected chi connectivity index (χ3v) is 4.60. The van der Waals surface area contributed by atoms with Gasteiger partial charge in [-0.25, -0.2) is 0 Å². The quantitative estimate of drug-likeness (QED) is 0.641. The Labute approximate surface area is 123 Å². The first kappa shape index (κ1) is 16.6. The maximum atomic E-state index is 3.68. The lowest BCUT2D eigenvalue weighted by Gasteiger charge is -2.18. The number of nitrogens with one attached hydrogen (secondary N) is 1. The second-order valence-electron chi connectivity index (χ2n) is 5.10. The summed E-state index contributed by atoms with van der Waals surface area (Å²) in [4.78, 5) is 0. The van der Waals surface area contributed by atoms with E-state index in [1.54, 1.807) is 0 Å². The molecular formula is C17H29NS. The van der Waals surface area contributed by atoms with Gasteiger partial charge in [-0.05, 0) is 49.1 Å². The van der Waals surface area contributed by atoms with E-state index in [0.717, 1.165) is 19.4 Å². The molecular weight excluding hydrogens is 250 g/mol. The number of hydrogen-bond donors (Lipinski definition) is 1. The molecule has 1 N–H and O–H groups in total. The lowest BCUT2D eigenvalue weighted by molar-refractivity contribution is 0.550. The minimum absolute atomic E-state index is 0.615. The van der Waals surface area contributed by atoms with Crippen LogP contribution in [0.4, 0.5) is 0 Å². The molecule has 0 heterocycles. The molecule has 1 unspecified atom stereocenters. The molecule has 0 radical (unpaired) electrons. The molecule has 0 saturated carbocycles. The summed E-state index contributed by atoms with van der Waals surface area (Å²) >= 11 is 2.08. The van der Waals surface area contributed by atoms with Crippen LogP contribution in [0.3, 0.4) is 0 Å². The van der Waals surface area contributed by atoms with Gasteiger partial charge in [-0.15, -0.1) is 0 Å². The summed E-state index contributed by atoms with van der Waals surface area (Å²) in [5.74, 6) is 2.50. The summed E-state index contributed by atoms with van der Waals surface area (Å²) in [7, 11) is 0. The van der Waals surface area contributed by atoms with Crippen molar-refractivity contribution in [3.05, 3.63) is 35.4 Å². The SMILES string of the molecule is CCCNC(CSCCC)Cc1ccc(CC)cc1. The van der Waals surface area contributed by atoms with Gasteiger partial charge in [0.1, 0.15) is 0 Å². The van der Waals surface area contributed by atoms with Crippen molar-refractivity contribution in [1.29, 1.82) is 0 Å². The molecule has 1 nitrogen and oxygen atoms in total. The van der Waals surface area contributed by atoms with Crippen LogP contribution in [0.2, 0.25) is 0 Å². The molecule has 2 heteroatoms. The minimum atomic E-state index is 0.615. The van der Waals surface area contributed by atoms with E-state index in [9.17, 15) is 0 Å². The van der Waals surface area contributed by atoms with E-state index in [1.807, 2.05) is 0 Å². The van der Waals surface area contributed by atoms with Crippen molar-refractivity contribution in [3.8, 4) is 0 Å². The molecule has 1 aromatic rings. The van der Waals surface area contributed by atoms with Crippen molar-refractivity contribution >= 4 is 11.8 Å². The van der Waals surface area contributed by atoms with Crippen LogP contribution in [-0.2, 0) is 12.8 Å². The summed E-state index contributed by atoms with van der Waals surface area (Å²) in [5, 5.41) is 3.68. The maximum absolute atomic E-state index is 3.68. The average molecular weight is 279 g/mol. The minimum Gasteiger partial charge on any atom is -0.313 e. The molecule has 1 aromatic carbocycles. The van der Waals surface area contributed by atoms with Crippen LogP contribution in [0.5, 0.6) is 0 Å². The molecule has 1 atom stereocenters. The smallest absolute Gasteiger partial charge is 0.0198 e. The van der Waals surface area contributed by atoms with Gasteiger partial charge >= 0.3 is 0 Å².